The minimum Gasteiger partial charge on any atom is -0.495 e. The van der Waals surface area contributed by atoms with Crippen LogP contribution in [0.4, 0.5) is 21.0 Å². The second-order valence-corrected chi connectivity index (χ2v) is 7.06. The van der Waals surface area contributed by atoms with Gasteiger partial charge in [-0.15, -0.1) is 0 Å². The molecule has 0 saturated heterocycles. The Labute approximate surface area is 186 Å². The second kappa shape index (κ2) is 9.86. The summed E-state index contributed by atoms with van der Waals surface area (Å²) in [5, 5.41) is 8.30. The fourth-order valence-electron chi connectivity index (χ4n) is 3.35. The highest BCUT2D eigenvalue weighted by Crippen LogP contribution is 2.31. The minimum absolute atomic E-state index is 0.226. The van der Waals surface area contributed by atoms with E-state index >= 15 is 0 Å². The molecular formula is C23H26N4O5. The molecule has 0 aromatic heterocycles. The summed E-state index contributed by atoms with van der Waals surface area (Å²) in [6.45, 7) is 3.66. The van der Waals surface area contributed by atoms with Crippen molar-refractivity contribution in [3.05, 3.63) is 65.4 Å². The molecule has 1 atom stereocenters. The molecule has 4 amide bonds. The lowest BCUT2D eigenvalue weighted by Gasteiger charge is -2.33. The first-order valence-electron chi connectivity index (χ1n) is 10.1. The SMILES string of the molecule is CCOC(=O)C1=C(C)N(C)C(=O)NC1c1ccc(NC(=O)Nc2ccccc2OC)cc1. The Morgan fingerprint density at radius 3 is 2.44 bits per heavy atom. The summed E-state index contributed by atoms with van der Waals surface area (Å²) in [6.07, 6.45) is 0. The zero-order valence-corrected chi connectivity index (χ0v) is 18.4. The third-order valence-corrected chi connectivity index (χ3v) is 5.11. The number of hydrogen-bond donors (Lipinski definition) is 3. The van der Waals surface area contributed by atoms with E-state index in [1.165, 1.54) is 12.0 Å². The monoisotopic (exact) mass is 438 g/mol. The van der Waals surface area contributed by atoms with Crippen LogP contribution in [0.1, 0.15) is 25.5 Å². The molecule has 1 aliphatic rings. The van der Waals surface area contributed by atoms with Crippen molar-refractivity contribution in [1.82, 2.24) is 10.2 Å². The Morgan fingerprint density at radius 2 is 1.78 bits per heavy atom. The molecule has 0 radical (unpaired) electrons. The summed E-state index contributed by atoms with van der Waals surface area (Å²) >= 11 is 0. The number of hydrogen-bond acceptors (Lipinski definition) is 5. The van der Waals surface area contributed by atoms with Gasteiger partial charge in [0.2, 0.25) is 0 Å². The number of nitrogens with one attached hydrogen (secondary N) is 3. The first-order chi connectivity index (χ1) is 15.3. The maximum absolute atomic E-state index is 12.5. The minimum atomic E-state index is -0.658. The van der Waals surface area contributed by atoms with Gasteiger partial charge in [0, 0.05) is 18.4 Å². The summed E-state index contributed by atoms with van der Waals surface area (Å²) in [6, 6.07) is 12.5. The molecule has 9 heteroatoms. The van der Waals surface area contributed by atoms with Crippen LogP contribution < -0.4 is 20.7 Å². The Hall–Kier alpha value is -4.01. The van der Waals surface area contributed by atoms with Gasteiger partial charge in [-0.3, -0.25) is 0 Å². The number of anilines is 2. The largest absolute Gasteiger partial charge is 0.495 e. The van der Waals surface area contributed by atoms with Gasteiger partial charge in [-0.05, 0) is 43.7 Å². The number of carbonyl (C=O) groups is 3. The van der Waals surface area contributed by atoms with Crippen molar-refractivity contribution in [3.8, 4) is 5.75 Å². The lowest BCUT2D eigenvalue weighted by Crippen LogP contribution is -2.46. The van der Waals surface area contributed by atoms with E-state index in [-0.39, 0.29) is 12.6 Å². The number of ether oxygens (including phenoxy) is 2. The van der Waals surface area contributed by atoms with Crippen LogP contribution in [0.5, 0.6) is 5.75 Å². The van der Waals surface area contributed by atoms with Crippen LogP contribution in [0.3, 0.4) is 0 Å². The zero-order chi connectivity index (χ0) is 23.3. The summed E-state index contributed by atoms with van der Waals surface area (Å²) in [5.41, 5.74) is 2.65. The Kier molecular flexibility index (Phi) is 6.99. The fourth-order valence-corrected chi connectivity index (χ4v) is 3.35. The van der Waals surface area contributed by atoms with Crippen molar-refractivity contribution in [2.45, 2.75) is 19.9 Å². The van der Waals surface area contributed by atoms with Gasteiger partial charge in [-0.1, -0.05) is 24.3 Å². The number of benzene rings is 2. The molecule has 9 nitrogen and oxygen atoms in total. The maximum atomic E-state index is 12.5. The predicted molar refractivity (Wildman–Crippen MR) is 120 cm³/mol. The molecule has 1 aliphatic heterocycles. The van der Waals surface area contributed by atoms with E-state index in [4.69, 9.17) is 9.47 Å². The quantitative estimate of drug-likeness (QED) is 0.593. The summed E-state index contributed by atoms with van der Waals surface area (Å²) in [4.78, 5) is 38.6. The third kappa shape index (κ3) is 4.83. The third-order valence-electron chi connectivity index (χ3n) is 5.11. The first kappa shape index (κ1) is 22.7. The van der Waals surface area contributed by atoms with Crippen molar-refractivity contribution in [3.63, 3.8) is 0 Å². The number of esters is 1. The van der Waals surface area contributed by atoms with Crippen LogP contribution in [0.2, 0.25) is 0 Å². The van der Waals surface area contributed by atoms with Crippen molar-refractivity contribution in [2.75, 3.05) is 31.4 Å². The number of amides is 4. The van der Waals surface area contributed by atoms with E-state index in [9.17, 15) is 14.4 Å². The van der Waals surface area contributed by atoms with Gasteiger partial charge < -0.3 is 30.3 Å². The predicted octanol–water partition coefficient (Wildman–Crippen LogP) is 3.87. The molecule has 3 rings (SSSR count). The standard InChI is InChI=1S/C23H26N4O5/c1-5-32-21(28)19-14(2)27(3)23(30)26-20(19)15-10-12-16(13-11-15)24-22(29)25-17-8-6-7-9-18(17)31-4/h6-13,20H,5H2,1-4H3,(H,26,30)(H2,24,25,29). The average molecular weight is 438 g/mol. The number of allylic oxidation sites excluding steroid dienone is 1. The molecular weight excluding hydrogens is 412 g/mol. The van der Waals surface area contributed by atoms with Crippen LogP contribution in [0.15, 0.2) is 59.8 Å². The molecule has 0 saturated carbocycles. The number of rotatable bonds is 6. The van der Waals surface area contributed by atoms with E-state index in [2.05, 4.69) is 16.0 Å². The molecule has 0 aliphatic carbocycles. The molecule has 168 valence electrons. The van der Waals surface area contributed by atoms with Gasteiger partial charge in [-0.2, -0.15) is 0 Å². The number of nitrogens with zero attached hydrogens (tertiary/aromatic N) is 1. The van der Waals surface area contributed by atoms with Crippen LogP contribution in [-0.2, 0) is 9.53 Å². The van der Waals surface area contributed by atoms with E-state index in [1.54, 1.807) is 63.4 Å². The number of urea groups is 2. The van der Waals surface area contributed by atoms with Crippen LogP contribution in [-0.4, -0.2) is 43.7 Å². The molecule has 0 fully saturated rings. The molecule has 32 heavy (non-hydrogen) atoms. The smallest absolute Gasteiger partial charge is 0.338 e. The Morgan fingerprint density at radius 1 is 1.09 bits per heavy atom. The fraction of sp³-hybridized carbons (Fsp3) is 0.261. The highest BCUT2D eigenvalue weighted by molar-refractivity contribution is 6.00. The molecule has 1 heterocycles. The van der Waals surface area contributed by atoms with E-state index < -0.39 is 18.0 Å². The van der Waals surface area contributed by atoms with Gasteiger partial charge in [0.1, 0.15) is 5.75 Å². The topological polar surface area (TPSA) is 109 Å². The second-order valence-electron chi connectivity index (χ2n) is 7.06. The lowest BCUT2D eigenvalue weighted by molar-refractivity contribution is -0.139. The Bertz CT molecular complexity index is 1050. The lowest BCUT2D eigenvalue weighted by atomic mass is 9.95. The van der Waals surface area contributed by atoms with Crippen LogP contribution in [0, 0.1) is 0 Å². The van der Waals surface area contributed by atoms with Crippen molar-refractivity contribution in [1.29, 1.82) is 0 Å². The van der Waals surface area contributed by atoms with Gasteiger partial charge >= 0.3 is 18.0 Å². The molecule has 3 N–H and O–H groups in total. The number of carbonyl (C=O) groups excluding carboxylic acids is 3. The first-order valence-corrected chi connectivity index (χ1v) is 10.1. The maximum Gasteiger partial charge on any atom is 0.338 e. The van der Waals surface area contributed by atoms with Gasteiger partial charge in [-0.25, -0.2) is 14.4 Å². The van der Waals surface area contributed by atoms with Crippen molar-refractivity contribution in [2.24, 2.45) is 0 Å². The van der Waals surface area contributed by atoms with Gasteiger partial charge in [0.15, 0.2) is 0 Å². The van der Waals surface area contributed by atoms with Crippen molar-refractivity contribution < 1.29 is 23.9 Å². The Balaban J connectivity index is 1.77. The summed E-state index contributed by atoms with van der Waals surface area (Å²) in [5.74, 6) is 0.0601. The van der Waals surface area contributed by atoms with E-state index in [0.717, 1.165) is 0 Å². The van der Waals surface area contributed by atoms with Crippen LogP contribution in [0.25, 0.3) is 0 Å². The van der Waals surface area contributed by atoms with Crippen molar-refractivity contribution >= 4 is 29.4 Å². The number of methoxy groups -OCH3 is 1. The summed E-state index contributed by atoms with van der Waals surface area (Å²) in [7, 11) is 3.12. The van der Waals surface area contributed by atoms with E-state index in [0.29, 0.717) is 34.0 Å². The van der Waals surface area contributed by atoms with Gasteiger partial charge in [0.25, 0.3) is 0 Å². The molecule has 1 unspecified atom stereocenters. The normalized spacial score (nSPS) is 15.7. The average Bonchev–Trinajstić information content (AvgIpc) is 2.78. The molecule has 2 aromatic carbocycles. The van der Waals surface area contributed by atoms with E-state index in [1.807, 2.05) is 6.07 Å². The number of para-hydroxylation sites is 2. The zero-order valence-electron chi connectivity index (χ0n) is 18.4. The van der Waals surface area contributed by atoms with Crippen LogP contribution >= 0.6 is 0 Å². The highest BCUT2D eigenvalue weighted by Gasteiger charge is 2.34. The molecule has 0 bridgehead atoms. The molecule has 0 spiro atoms. The molecule has 2 aromatic rings. The van der Waals surface area contributed by atoms with Gasteiger partial charge in [0.05, 0.1) is 31.0 Å². The summed E-state index contributed by atoms with van der Waals surface area (Å²) < 4.78 is 10.4. The highest BCUT2D eigenvalue weighted by atomic mass is 16.5.